The Balaban J connectivity index is 1.34. The molecule has 0 fully saturated rings. The molecule has 0 bridgehead atoms. The largest absolute Gasteiger partial charge is 0.326 e. The maximum atomic E-state index is 12.8. The topological polar surface area (TPSA) is 74.1 Å². The summed E-state index contributed by atoms with van der Waals surface area (Å²) in [6.07, 6.45) is 1.68. The number of rotatable bonds is 6. The van der Waals surface area contributed by atoms with Crippen molar-refractivity contribution in [1.29, 1.82) is 0 Å². The van der Waals surface area contributed by atoms with Gasteiger partial charge in [-0.3, -0.25) is 9.59 Å². The third kappa shape index (κ3) is 5.63. The van der Waals surface area contributed by atoms with Gasteiger partial charge in [0.25, 0.3) is 5.91 Å². The number of carbonyl (C=O) groups is 2. The molecule has 0 aliphatic carbocycles. The lowest BCUT2D eigenvalue weighted by Gasteiger charge is -2.23. The summed E-state index contributed by atoms with van der Waals surface area (Å²) < 4.78 is 0. The second kappa shape index (κ2) is 10.9. The molecular weight excluding hydrogens is 504 g/mol. The first-order valence-electron chi connectivity index (χ1n) is 12.3. The van der Waals surface area contributed by atoms with Gasteiger partial charge in [-0.1, -0.05) is 91.0 Å². The predicted octanol–water partition coefficient (Wildman–Crippen LogP) is 6.39. The van der Waals surface area contributed by atoms with Crippen LogP contribution >= 0.6 is 23.4 Å². The molecule has 5 rings (SSSR count). The van der Waals surface area contributed by atoms with Crippen molar-refractivity contribution >= 4 is 51.7 Å². The van der Waals surface area contributed by atoms with E-state index >= 15 is 0 Å². The number of hydrogen-bond donors (Lipinski definition) is 1. The third-order valence-electron chi connectivity index (χ3n) is 6.54. The normalized spacial score (nSPS) is 19.1. The van der Waals surface area contributed by atoms with Gasteiger partial charge in [0.2, 0.25) is 5.91 Å². The Hall–Kier alpha value is -3.42. The highest BCUT2D eigenvalue weighted by atomic mass is 35.5. The van der Waals surface area contributed by atoms with Crippen LogP contribution in [-0.4, -0.2) is 33.0 Å². The van der Waals surface area contributed by atoms with E-state index in [1.165, 1.54) is 17.3 Å². The molecule has 2 heterocycles. The Bertz CT molecular complexity index is 1390. The van der Waals surface area contributed by atoms with E-state index in [1.54, 1.807) is 12.1 Å². The molecule has 188 valence electrons. The number of carbonyl (C=O) groups excluding carboxylic acids is 2. The van der Waals surface area contributed by atoms with Gasteiger partial charge in [0.15, 0.2) is 5.17 Å². The van der Waals surface area contributed by atoms with Crippen LogP contribution in [0.25, 0.3) is 0 Å². The van der Waals surface area contributed by atoms with E-state index in [9.17, 15) is 9.59 Å². The van der Waals surface area contributed by atoms with Crippen molar-refractivity contribution < 1.29 is 9.59 Å². The van der Waals surface area contributed by atoms with Crippen LogP contribution in [0.2, 0.25) is 5.02 Å². The lowest BCUT2D eigenvalue weighted by Crippen LogP contribution is -2.25. The molecule has 3 aromatic carbocycles. The van der Waals surface area contributed by atoms with Gasteiger partial charge in [-0.05, 0) is 47.7 Å². The second-order valence-electron chi connectivity index (χ2n) is 9.13. The van der Waals surface area contributed by atoms with Gasteiger partial charge in [-0.2, -0.15) is 10.1 Å². The average Bonchev–Trinajstić information content (AvgIpc) is 3.51. The fourth-order valence-corrected chi connectivity index (χ4v) is 5.62. The molecule has 2 aliphatic rings. The quantitative estimate of drug-likeness (QED) is 0.401. The molecule has 0 saturated carbocycles. The van der Waals surface area contributed by atoms with Gasteiger partial charge >= 0.3 is 0 Å². The molecule has 8 heteroatoms. The summed E-state index contributed by atoms with van der Waals surface area (Å²) in [5, 5.41) is 10.1. The molecular formula is C29H27ClN4O2S. The minimum atomic E-state index is -0.602. The molecule has 2 amide bonds. The minimum Gasteiger partial charge on any atom is -0.326 e. The summed E-state index contributed by atoms with van der Waals surface area (Å²) >= 11 is 7.47. The summed E-state index contributed by atoms with van der Waals surface area (Å²) in [6.45, 7) is 4.03. The van der Waals surface area contributed by atoms with E-state index < -0.39 is 5.25 Å². The Morgan fingerprint density at radius 2 is 1.86 bits per heavy atom. The van der Waals surface area contributed by atoms with E-state index in [-0.39, 0.29) is 24.3 Å². The number of amides is 2. The van der Waals surface area contributed by atoms with Gasteiger partial charge in [0, 0.05) is 23.6 Å². The second-order valence-corrected chi connectivity index (χ2v) is 10.7. The summed E-state index contributed by atoms with van der Waals surface area (Å²) in [6, 6.07) is 23.8. The number of aliphatic imine (C=N–C) groups is 1. The maximum absolute atomic E-state index is 12.8. The molecule has 3 aromatic rings. The monoisotopic (exact) mass is 530 g/mol. The summed E-state index contributed by atoms with van der Waals surface area (Å²) in [5.41, 5.74) is 5.89. The lowest BCUT2D eigenvalue weighted by molar-refractivity contribution is -0.121. The Morgan fingerprint density at radius 1 is 1.11 bits per heavy atom. The summed E-state index contributed by atoms with van der Waals surface area (Å²) in [7, 11) is 0. The number of amidine groups is 1. The number of thioether (sulfide) groups is 1. The third-order valence-corrected chi connectivity index (χ3v) is 8.09. The highest BCUT2D eigenvalue weighted by Crippen LogP contribution is 2.38. The molecule has 0 unspecified atom stereocenters. The molecule has 0 spiro atoms. The van der Waals surface area contributed by atoms with Crippen LogP contribution < -0.4 is 5.32 Å². The number of hydrogen-bond acceptors (Lipinski definition) is 5. The molecule has 0 radical (unpaired) electrons. The van der Waals surface area contributed by atoms with E-state index in [0.717, 1.165) is 28.8 Å². The first kappa shape index (κ1) is 25.2. The first-order valence-corrected chi connectivity index (χ1v) is 13.5. The summed E-state index contributed by atoms with van der Waals surface area (Å²) in [5.74, 6) is -0.579. The van der Waals surface area contributed by atoms with E-state index in [0.29, 0.717) is 22.3 Å². The first-order chi connectivity index (χ1) is 17.9. The number of anilines is 1. The van der Waals surface area contributed by atoms with Gasteiger partial charge in [0.05, 0.1) is 11.8 Å². The maximum Gasteiger partial charge on any atom is 0.262 e. The van der Waals surface area contributed by atoms with E-state index in [2.05, 4.69) is 41.5 Å². The molecule has 37 heavy (non-hydrogen) atoms. The Kier molecular flexibility index (Phi) is 7.44. The zero-order valence-electron chi connectivity index (χ0n) is 20.6. The lowest BCUT2D eigenvalue weighted by atomic mass is 9.97. The molecule has 6 nitrogen and oxygen atoms in total. The fourth-order valence-electron chi connectivity index (χ4n) is 4.38. The average molecular weight is 531 g/mol. The molecule has 0 aromatic heterocycles. The van der Waals surface area contributed by atoms with Crippen LogP contribution in [0.1, 0.15) is 48.1 Å². The summed E-state index contributed by atoms with van der Waals surface area (Å²) in [4.78, 5) is 29.9. The molecule has 2 atom stereocenters. The standard InChI is InChI=1S/C29H27ClN4O2S/c1-3-19-10-12-21(13-11-19)25-16-24(20-7-5-4-6-8-20)33-34(25)29-32-28(36)26(37-29)17-27(35)31-22-14-9-18(2)23(30)15-22/h4-15,25-26H,3,16-17H2,1-2H3,(H,31,35)/t25-,26+/m1/s1. The number of benzene rings is 3. The minimum absolute atomic E-state index is 0.0148. The van der Waals surface area contributed by atoms with Crippen LogP contribution in [0, 0.1) is 6.92 Å². The Labute approximate surface area is 225 Å². The van der Waals surface area contributed by atoms with Crippen LogP contribution in [0.5, 0.6) is 0 Å². The van der Waals surface area contributed by atoms with Crippen LogP contribution in [0.15, 0.2) is 82.9 Å². The van der Waals surface area contributed by atoms with Crippen molar-refractivity contribution in [3.8, 4) is 0 Å². The van der Waals surface area contributed by atoms with Crippen LogP contribution in [-0.2, 0) is 16.0 Å². The van der Waals surface area contributed by atoms with Gasteiger partial charge in [-0.15, -0.1) is 0 Å². The zero-order valence-corrected chi connectivity index (χ0v) is 22.2. The van der Waals surface area contributed by atoms with Crippen molar-refractivity contribution in [2.75, 3.05) is 5.32 Å². The van der Waals surface area contributed by atoms with Gasteiger partial charge in [0.1, 0.15) is 5.25 Å². The predicted molar refractivity (Wildman–Crippen MR) is 151 cm³/mol. The number of aryl methyl sites for hydroxylation is 2. The van der Waals surface area contributed by atoms with Gasteiger partial charge < -0.3 is 5.32 Å². The SMILES string of the molecule is CCc1ccc([C@H]2CC(c3ccccc3)=NN2C2=NC(=O)[C@H](CC(=O)Nc3ccc(C)c(Cl)c3)S2)cc1. The van der Waals surface area contributed by atoms with Crippen molar-refractivity contribution in [3.63, 3.8) is 0 Å². The van der Waals surface area contributed by atoms with Crippen LogP contribution in [0.4, 0.5) is 5.69 Å². The van der Waals surface area contributed by atoms with E-state index in [1.807, 2.05) is 48.3 Å². The highest BCUT2D eigenvalue weighted by Gasteiger charge is 2.39. The highest BCUT2D eigenvalue weighted by molar-refractivity contribution is 8.15. The number of halogens is 1. The van der Waals surface area contributed by atoms with Gasteiger partial charge in [-0.25, -0.2) is 5.01 Å². The number of nitrogens with zero attached hydrogens (tertiary/aromatic N) is 3. The van der Waals surface area contributed by atoms with Crippen molar-refractivity contribution in [2.45, 2.75) is 44.4 Å². The van der Waals surface area contributed by atoms with E-state index in [4.69, 9.17) is 16.7 Å². The Morgan fingerprint density at radius 3 is 2.57 bits per heavy atom. The number of hydrazone groups is 1. The zero-order chi connectivity index (χ0) is 25.9. The smallest absolute Gasteiger partial charge is 0.262 e. The van der Waals surface area contributed by atoms with Crippen molar-refractivity contribution in [3.05, 3.63) is 100 Å². The molecule has 2 aliphatic heterocycles. The van der Waals surface area contributed by atoms with Crippen molar-refractivity contribution in [2.24, 2.45) is 10.1 Å². The molecule has 1 N–H and O–H groups in total. The fraction of sp³-hybridized carbons (Fsp3) is 0.241. The number of nitrogens with one attached hydrogen (secondary N) is 1. The van der Waals surface area contributed by atoms with Crippen molar-refractivity contribution in [1.82, 2.24) is 5.01 Å². The van der Waals surface area contributed by atoms with Crippen LogP contribution in [0.3, 0.4) is 0 Å². The molecule has 0 saturated heterocycles.